The molecule has 2 aromatic heterocycles. The Balaban J connectivity index is 1.57. The second-order valence-corrected chi connectivity index (χ2v) is 10.6. The molecule has 1 unspecified atom stereocenters. The Morgan fingerprint density at radius 2 is 1.97 bits per heavy atom. The van der Waals surface area contributed by atoms with Gasteiger partial charge in [0.25, 0.3) is 5.91 Å². The molecular weight excluding hydrogens is 426 g/mol. The number of aromatic nitrogens is 1. The van der Waals surface area contributed by atoms with Gasteiger partial charge >= 0.3 is 0 Å². The van der Waals surface area contributed by atoms with Crippen molar-refractivity contribution in [2.75, 3.05) is 25.4 Å². The topological polar surface area (TPSA) is 75.8 Å². The van der Waals surface area contributed by atoms with E-state index >= 15 is 0 Å². The smallest absolute Gasteiger partial charge is 0.270 e. The molecule has 1 amide bonds. The van der Waals surface area contributed by atoms with Crippen LogP contribution in [0.15, 0.2) is 47.1 Å². The van der Waals surface area contributed by atoms with E-state index in [1.807, 2.05) is 42.7 Å². The molecule has 3 aromatic rings. The Labute approximate surface area is 189 Å². The molecule has 0 radical (unpaired) electrons. The maximum atomic E-state index is 13.5. The third kappa shape index (κ3) is 4.34. The molecule has 1 atom stereocenters. The van der Waals surface area contributed by atoms with Crippen molar-refractivity contribution in [3.63, 3.8) is 0 Å². The number of furan rings is 1. The number of amides is 1. The molecule has 1 aliphatic rings. The molecule has 7 nitrogen and oxygen atoms in total. The lowest BCUT2D eigenvalue weighted by atomic mass is 10.1. The maximum absolute atomic E-state index is 13.5. The molecule has 0 aliphatic carbocycles. The minimum absolute atomic E-state index is 0.0950. The lowest BCUT2D eigenvalue weighted by molar-refractivity contribution is 0.0632. The minimum atomic E-state index is -3.30. The molecule has 1 saturated heterocycles. The first-order valence-corrected chi connectivity index (χ1v) is 12.8. The molecule has 8 heteroatoms. The van der Waals surface area contributed by atoms with Gasteiger partial charge in [0.2, 0.25) is 15.7 Å². The van der Waals surface area contributed by atoms with Crippen molar-refractivity contribution in [1.29, 1.82) is 0 Å². The van der Waals surface area contributed by atoms with Crippen LogP contribution in [0.25, 0.3) is 11.1 Å². The molecule has 172 valence electrons. The maximum Gasteiger partial charge on any atom is 0.270 e. The highest BCUT2D eigenvalue weighted by atomic mass is 32.2. The highest BCUT2D eigenvalue weighted by Gasteiger charge is 2.35. The second-order valence-electron chi connectivity index (χ2n) is 8.60. The summed E-state index contributed by atoms with van der Waals surface area (Å²) in [6.45, 7) is 7.53. The predicted octanol–water partition coefficient (Wildman–Crippen LogP) is 3.87. The van der Waals surface area contributed by atoms with Crippen LogP contribution in [-0.2, 0) is 16.6 Å². The molecule has 0 N–H and O–H groups in total. The molecule has 0 saturated carbocycles. The van der Waals surface area contributed by atoms with Gasteiger partial charge in [-0.05, 0) is 43.5 Å². The average molecular weight is 458 g/mol. The van der Waals surface area contributed by atoms with Crippen molar-refractivity contribution in [3.05, 3.63) is 59.5 Å². The van der Waals surface area contributed by atoms with E-state index in [0.717, 1.165) is 22.9 Å². The van der Waals surface area contributed by atoms with E-state index in [0.29, 0.717) is 44.0 Å². The SMILES string of the molecule is CCCCS(=O)(=O)N1CCN(C(=O)c2cc3ccoc3n2Cc2ccccc2C)CC1C. The van der Waals surface area contributed by atoms with Crippen LogP contribution in [0.1, 0.15) is 48.3 Å². The first kappa shape index (κ1) is 22.6. The predicted molar refractivity (Wildman–Crippen MR) is 125 cm³/mol. The number of unbranched alkanes of at least 4 members (excludes halogenated alkanes) is 1. The number of nitrogens with zero attached hydrogens (tertiary/aromatic N) is 3. The zero-order chi connectivity index (χ0) is 22.9. The average Bonchev–Trinajstić information content (AvgIpc) is 3.35. The fraction of sp³-hybridized carbons (Fsp3) is 0.458. The van der Waals surface area contributed by atoms with Crippen molar-refractivity contribution in [1.82, 2.24) is 13.8 Å². The van der Waals surface area contributed by atoms with E-state index in [-0.39, 0.29) is 17.7 Å². The summed E-state index contributed by atoms with van der Waals surface area (Å²) in [5.41, 5.74) is 3.51. The van der Waals surface area contributed by atoms with Crippen LogP contribution in [-0.4, -0.2) is 59.5 Å². The van der Waals surface area contributed by atoms with Gasteiger partial charge in [-0.1, -0.05) is 37.6 Å². The van der Waals surface area contributed by atoms with Gasteiger partial charge in [-0.25, -0.2) is 8.42 Å². The summed E-state index contributed by atoms with van der Waals surface area (Å²) >= 11 is 0. The van der Waals surface area contributed by atoms with Crippen LogP contribution in [0.2, 0.25) is 0 Å². The quantitative estimate of drug-likeness (QED) is 0.540. The van der Waals surface area contributed by atoms with E-state index in [9.17, 15) is 13.2 Å². The number of carbonyl (C=O) groups excluding carboxylic acids is 1. The monoisotopic (exact) mass is 457 g/mol. The first-order chi connectivity index (χ1) is 15.3. The fourth-order valence-electron chi connectivity index (χ4n) is 4.41. The van der Waals surface area contributed by atoms with Crippen molar-refractivity contribution in [2.24, 2.45) is 0 Å². The second kappa shape index (κ2) is 9.11. The van der Waals surface area contributed by atoms with Crippen molar-refractivity contribution < 1.29 is 17.6 Å². The number of hydrogen-bond donors (Lipinski definition) is 0. The van der Waals surface area contributed by atoms with Gasteiger partial charge in [0.1, 0.15) is 5.69 Å². The highest BCUT2D eigenvalue weighted by Crippen LogP contribution is 2.26. The summed E-state index contributed by atoms with van der Waals surface area (Å²) in [5, 5.41) is 0.885. The van der Waals surface area contributed by atoms with E-state index < -0.39 is 10.0 Å². The normalized spacial score (nSPS) is 17.8. The van der Waals surface area contributed by atoms with Gasteiger partial charge in [-0.3, -0.25) is 4.79 Å². The molecule has 1 aromatic carbocycles. The van der Waals surface area contributed by atoms with Crippen molar-refractivity contribution in [3.8, 4) is 0 Å². The van der Waals surface area contributed by atoms with Crippen LogP contribution in [0.4, 0.5) is 0 Å². The molecule has 0 spiro atoms. The number of carbonyl (C=O) groups is 1. The van der Waals surface area contributed by atoms with Gasteiger partial charge in [-0.15, -0.1) is 0 Å². The zero-order valence-corrected chi connectivity index (χ0v) is 19.8. The van der Waals surface area contributed by atoms with E-state index in [1.54, 1.807) is 15.5 Å². The van der Waals surface area contributed by atoms with E-state index in [4.69, 9.17) is 4.42 Å². The first-order valence-electron chi connectivity index (χ1n) is 11.2. The molecule has 1 aliphatic heterocycles. The Morgan fingerprint density at radius 1 is 1.19 bits per heavy atom. The lowest BCUT2D eigenvalue weighted by Gasteiger charge is -2.39. The lowest BCUT2D eigenvalue weighted by Crippen LogP contribution is -2.56. The number of hydrogen-bond acceptors (Lipinski definition) is 4. The molecule has 32 heavy (non-hydrogen) atoms. The van der Waals surface area contributed by atoms with Gasteiger partial charge < -0.3 is 13.9 Å². The van der Waals surface area contributed by atoms with Crippen molar-refractivity contribution >= 4 is 27.0 Å². The van der Waals surface area contributed by atoms with Gasteiger partial charge in [0, 0.05) is 31.1 Å². The standard InChI is InChI=1S/C24H31N3O4S/c1-4-5-14-32(29,30)27-12-11-25(16-19(27)3)23(28)22-15-20-10-13-31-24(20)26(22)17-21-9-7-6-8-18(21)2/h6-10,13,15,19H,4-5,11-12,14,16-17H2,1-3H3. The number of rotatable bonds is 7. The summed E-state index contributed by atoms with van der Waals surface area (Å²) in [4.78, 5) is 15.3. The Hall–Kier alpha value is -2.58. The number of sulfonamides is 1. The summed E-state index contributed by atoms with van der Waals surface area (Å²) in [6.07, 6.45) is 3.13. The van der Waals surface area contributed by atoms with Gasteiger partial charge in [0.05, 0.1) is 18.6 Å². The molecule has 3 heterocycles. The van der Waals surface area contributed by atoms with Crippen LogP contribution in [0.5, 0.6) is 0 Å². The van der Waals surface area contributed by atoms with Crippen LogP contribution in [0, 0.1) is 6.92 Å². The molecule has 1 fully saturated rings. The fourth-order valence-corrected chi connectivity index (χ4v) is 6.27. The summed E-state index contributed by atoms with van der Waals surface area (Å²) in [7, 11) is -3.30. The molecule has 4 rings (SSSR count). The number of piperazine rings is 1. The van der Waals surface area contributed by atoms with Gasteiger partial charge in [-0.2, -0.15) is 4.31 Å². The minimum Gasteiger partial charge on any atom is -0.448 e. The summed E-state index contributed by atoms with van der Waals surface area (Å²) in [6, 6.07) is 11.6. The Morgan fingerprint density at radius 3 is 2.69 bits per heavy atom. The van der Waals surface area contributed by atoms with E-state index in [2.05, 4.69) is 19.1 Å². The number of aryl methyl sites for hydroxylation is 1. The van der Waals surface area contributed by atoms with Crippen molar-refractivity contribution in [2.45, 2.75) is 46.2 Å². The zero-order valence-electron chi connectivity index (χ0n) is 19.0. The third-order valence-corrected chi connectivity index (χ3v) is 8.34. The summed E-state index contributed by atoms with van der Waals surface area (Å²) in [5.74, 6) is 0.0692. The van der Waals surface area contributed by atoms with Gasteiger partial charge in [0.15, 0.2) is 0 Å². The largest absolute Gasteiger partial charge is 0.448 e. The van der Waals surface area contributed by atoms with Crippen LogP contribution >= 0.6 is 0 Å². The van der Waals surface area contributed by atoms with Crippen LogP contribution in [0.3, 0.4) is 0 Å². The van der Waals surface area contributed by atoms with Crippen LogP contribution < -0.4 is 0 Å². The third-order valence-electron chi connectivity index (χ3n) is 6.28. The van der Waals surface area contributed by atoms with E-state index in [1.165, 1.54) is 0 Å². The molecular formula is C24H31N3O4S. The number of benzene rings is 1. The Bertz CT molecular complexity index is 1210. The highest BCUT2D eigenvalue weighted by molar-refractivity contribution is 7.89. The molecule has 0 bridgehead atoms. The number of fused-ring (bicyclic) bond motifs is 1. The Kier molecular flexibility index (Phi) is 6.44. The summed E-state index contributed by atoms with van der Waals surface area (Å²) < 4.78 is 34.5.